The van der Waals surface area contributed by atoms with Gasteiger partial charge in [-0.25, -0.2) is 8.42 Å². The zero-order valence-corrected chi connectivity index (χ0v) is 22.9. The van der Waals surface area contributed by atoms with Crippen LogP contribution in [0.5, 0.6) is 0 Å². The molecular weight excluding hydrogens is 548 g/mol. The first-order chi connectivity index (χ1) is 15.5. The predicted molar refractivity (Wildman–Crippen MR) is 120 cm³/mol. The standard InChI is InChI=1S/C22H23BrF3N2O4S.Na/c23-19-5-1-3-16(11-19)14-28(13-15-7-9-17(10-8-15)21(29)27-30)33(31,32)20-6-2-4-18(12-20)22(24,25)26;/h1-6,11-12,15,17H,7-10,13-14H2,(H-,27,29,30);/q-1;+1. The Balaban J connectivity index is 0.00000408. The monoisotopic (exact) mass is 570 g/mol. The molecule has 1 fully saturated rings. The summed E-state index contributed by atoms with van der Waals surface area (Å²) in [5, 5.41) is 10.6. The number of nitrogens with zero attached hydrogens (tertiary/aromatic N) is 1. The van der Waals surface area contributed by atoms with Crippen molar-refractivity contribution in [1.29, 1.82) is 0 Å². The van der Waals surface area contributed by atoms with E-state index in [2.05, 4.69) is 15.9 Å². The van der Waals surface area contributed by atoms with Crippen molar-refractivity contribution in [3.05, 3.63) is 69.3 Å². The van der Waals surface area contributed by atoms with Crippen molar-refractivity contribution < 1.29 is 55.9 Å². The molecule has 1 amide bonds. The third-order valence-electron chi connectivity index (χ3n) is 5.83. The smallest absolute Gasteiger partial charge is 0.759 e. The van der Waals surface area contributed by atoms with Crippen molar-refractivity contribution in [1.82, 2.24) is 9.79 Å². The Bertz CT molecular complexity index is 1090. The van der Waals surface area contributed by atoms with Crippen molar-refractivity contribution in [3.63, 3.8) is 0 Å². The van der Waals surface area contributed by atoms with E-state index in [1.807, 2.05) is 0 Å². The van der Waals surface area contributed by atoms with E-state index in [4.69, 9.17) is 0 Å². The van der Waals surface area contributed by atoms with E-state index in [1.165, 1.54) is 9.79 Å². The van der Waals surface area contributed by atoms with E-state index in [0.29, 0.717) is 37.3 Å². The molecule has 3 rings (SSSR count). The molecule has 0 saturated heterocycles. The van der Waals surface area contributed by atoms with Crippen molar-refractivity contribution in [2.45, 2.75) is 43.3 Å². The Kier molecular flexibility index (Phi) is 10.6. The maximum absolute atomic E-state index is 13.4. The van der Waals surface area contributed by atoms with Gasteiger partial charge in [-0.05, 0) is 67.5 Å². The summed E-state index contributed by atoms with van der Waals surface area (Å²) in [5.41, 5.74) is 1.05. The van der Waals surface area contributed by atoms with Gasteiger partial charge in [0.1, 0.15) is 0 Å². The van der Waals surface area contributed by atoms with Crippen LogP contribution in [0.4, 0.5) is 13.2 Å². The SMILES string of the molecule is O=C(N[O-])C1CCC(CN(Cc2cccc(Br)c2)S(=O)(=O)c2cccc(C(F)(F)F)c2)CC1.[Na+]. The molecule has 2 aromatic carbocycles. The molecule has 1 N–H and O–H groups in total. The average molecular weight is 571 g/mol. The van der Waals surface area contributed by atoms with Gasteiger partial charge in [0.2, 0.25) is 15.9 Å². The molecule has 1 saturated carbocycles. The molecule has 0 bridgehead atoms. The molecule has 34 heavy (non-hydrogen) atoms. The molecule has 2 aromatic rings. The van der Waals surface area contributed by atoms with Crippen LogP contribution in [0.1, 0.15) is 36.8 Å². The van der Waals surface area contributed by atoms with Crippen LogP contribution < -0.4 is 35.0 Å². The number of alkyl halides is 3. The molecule has 12 heteroatoms. The average Bonchev–Trinajstić information content (AvgIpc) is 2.78. The number of benzene rings is 2. The van der Waals surface area contributed by atoms with Crippen LogP contribution in [0, 0.1) is 17.0 Å². The zero-order chi connectivity index (χ0) is 24.2. The predicted octanol–water partition coefficient (Wildman–Crippen LogP) is 2.08. The number of rotatable bonds is 7. The number of hydrogen-bond acceptors (Lipinski definition) is 4. The van der Waals surface area contributed by atoms with Gasteiger partial charge in [-0.3, -0.25) is 4.79 Å². The Morgan fingerprint density at radius 3 is 2.32 bits per heavy atom. The van der Waals surface area contributed by atoms with E-state index in [-0.39, 0.29) is 48.6 Å². The summed E-state index contributed by atoms with van der Waals surface area (Å²) < 4.78 is 68.4. The van der Waals surface area contributed by atoms with Crippen LogP contribution in [-0.4, -0.2) is 25.2 Å². The maximum atomic E-state index is 13.4. The molecule has 6 nitrogen and oxygen atoms in total. The Labute approximate surface area is 227 Å². The minimum absolute atomic E-state index is 0. The second kappa shape index (κ2) is 12.3. The number of halogens is 4. The maximum Gasteiger partial charge on any atom is 1.00 e. The molecular formula is C22H23BrF3N2NaO4S. The van der Waals surface area contributed by atoms with E-state index in [0.717, 1.165) is 22.7 Å². The summed E-state index contributed by atoms with van der Waals surface area (Å²) >= 11 is 3.35. The summed E-state index contributed by atoms with van der Waals surface area (Å²) in [6, 6.07) is 10.8. The van der Waals surface area contributed by atoms with Crippen LogP contribution >= 0.6 is 15.9 Å². The largest absolute Gasteiger partial charge is 1.00 e. The van der Waals surface area contributed by atoms with E-state index >= 15 is 0 Å². The van der Waals surface area contributed by atoms with Crippen LogP contribution in [0.15, 0.2) is 57.9 Å². The van der Waals surface area contributed by atoms with E-state index < -0.39 is 38.5 Å². The molecule has 0 radical (unpaired) electrons. The summed E-state index contributed by atoms with van der Waals surface area (Å²) in [7, 11) is -4.24. The van der Waals surface area contributed by atoms with Crippen LogP contribution in [0.2, 0.25) is 0 Å². The topological polar surface area (TPSA) is 89.5 Å². The van der Waals surface area contributed by atoms with Gasteiger partial charge < -0.3 is 10.7 Å². The summed E-state index contributed by atoms with van der Waals surface area (Å²) in [6.07, 6.45) is -2.70. The summed E-state index contributed by atoms with van der Waals surface area (Å²) in [6.45, 7) is 0.0792. The van der Waals surface area contributed by atoms with E-state index in [1.54, 1.807) is 24.3 Å². The third kappa shape index (κ3) is 7.52. The molecule has 1 aliphatic rings. The first kappa shape index (κ1) is 29.3. The fourth-order valence-electron chi connectivity index (χ4n) is 4.05. The van der Waals surface area contributed by atoms with Crippen molar-refractivity contribution in [3.8, 4) is 0 Å². The van der Waals surface area contributed by atoms with E-state index in [9.17, 15) is 31.6 Å². The normalized spacial score (nSPS) is 18.9. The van der Waals surface area contributed by atoms with Crippen molar-refractivity contribution in [2.75, 3.05) is 6.54 Å². The molecule has 0 atom stereocenters. The van der Waals surface area contributed by atoms with Gasteiger partial charge in [0.15, 0.2) is 0 Å². The fourth-order valence-corrected chi connectivity index (χ4v) is 6.04. The van der Waals surface area contributed by atoms with Crippen LogP contribution in [0.25, 0.3) is 0 Å². The number of sulfonamides is 1. The van der Waals surface area contributed by atoms with Gasteiger partial charge >= 0.3 is 35.7 Å². The Hall–Kier alpha value is -0.950. The number of carbonyl (C=O) groups is 1. The van der Waals surface area contributed by atoms with Gasteiger partial charge in [-0.1, -0.05) is 34.1 Å². The zero-order valence-electron chi connectivity index (χ0n) is 18.5. The van der Waals surface area contributed by atoms with Gasteiger partial charge in [0, 0.05) is 23.5 Å². The number of amides is 1. The summed E-state index contributed by atoms with van der Waals surface area (Å²) in [4.78, 5) is 11.2. The minimum Gasteiger partial charge on any atom is -0.759 e. The fraction of sp³-hybridized carbons (Fsp3) is 0.409. The first-order valence-electron chi connectivity index (χ1n) is 10.3. The molecule has 0 aliphatic heterocycles. The summed E-state index contributed by atoms with van der Waals surface area (Å²) in [5.74, 6) is -1.07. The number of hydroxylamine groups is 1. The van der Waals surface area contributed by atoms with Crippen LogP contribution in [-0.2, 0) is 27.5 Å². The van der Waals surface area contributed by atoms with Gasteiger partial charge in [0.05, 0.1) is 10.5 Å². The molecule has 0 unspecified atom stereocenters. The Morgan fingerprint density at radius 2 is 1.74 bits per heavy atom. The number of nitrogens with one attached hydrogen (secondary N) is 1. The minimum atomic E-state index is -4.67. The van der Waals surface area contributed by atoms with Gasteiger partial charge in [-0.2, -0.15) is 17.5 Å². The third-order valence-corrected chi connectivity index (χ3v) is 8.13. The molecule has 0 aromatic heterocycles. The molecule has 0 spiro atoms. The molecule has 1 aliphatic carbocycles. The van der Waals surface area contributed by atoms with Crippen molar-refractivity contribution in [2.24, 2.45) is 11.8 Å². The second-order valence-corrected chi connectivity index (χ2v) is 11.0. The molecule has 180 valence electrons. The van der Waals surface area contributed by atoms with Gasteiger partial charge in [-0.15, -0.1) is 0 Å². The van der Waals surface area contributed by atoms with Crippen molar-refractivity contribution >= 4 is 31.9 Å². The number of hydrogen-bond donors (Lipinski definition) is 1. The quantitative estimate of drug-likeness (QED) is 0.408. The number of carbonyl (C=O) groups excluding carboxylic acids is 1. The van der Waals surface area contributed by atoms with Crippen LogP contribution in [0.3, 0.4) is 0 Å². The molecule has 0 heterocycles. The first-order valence-corrected chi connectivity index (χ1v) is 12.6. The van der Waals surface area contributed by atoms with Gasteiger partial charge in [0.25, 0.3) is 0 Å². The second-order valence-electron chi connectivity index (χ2n) is 8.14. The Morgan fingerprint density at radius 1 is 1.09 bits per heavy atom.